The molecule has 4 nitrogen and oxygen atoms in total. The molecule has 4 heteroatoms. The Labute approximate surface area is 111 Å². The first kappa shape index (κ1) is 15.4. The van der Waals surface area contributed by atoms with E-state index < -0.39 is 0 Å². The van der Waals surface area contributed by atoms with E-state index in [4.69, 9.17) is 4.74 Å². The molecule has 106 valence electrons. The summed E-state index contributed by atoms with van der Waals surface area (Å²) in [6.07, 6.45) is 6.59. The molecule has 2 N–H and O–H groups in total. The molecule has 0 saturated heterocycles. The summed E-state index contributed by atoms with van der Waals surface area (Å²) in [4.78, 5) is 11.6. The lowest BCUT2D eigenvalue weighted by molar-refractivity contribution is -0.121. The summed E-state index contributed by atoms with van der Waals surface area (Å²) in [5.41, 5.74) is 0. The number of hydrogen-bond acceptors (Lipinski definition) is 3. The highest BCUT2D eigenvalue weighted by Gasteiger charge is 2.20. The van der Waals surface area contributed by atoms with Crippen LogP contribution in [0.15, 0.2) is 0 Å². The second-order valence-corrected chi connectivity index (χ2v) is 5.29. The van der Waals surface area contributed by atoms with Crippen LogP contribution in [0.1, 0.15) is 52.4 Å². The lowest BCUT2D eigenvalue weighted by Crippen LogP contribution is -2.38. The van der Waals surface area contributed by atoms with E-state index in [1.54, 1.807) is 7.11 Å². The monoisotopic (exact) mass is 256 g/mol. The molecule has 1 atom stereocenters. The Morgan fingerprint density at radius 3 is 2.56 bits per heavy atom. The van der Waals surface area contributed by atoms with E-state index in [2.05, 4.69) is 17.6 Å². The molecule has 1 unspecified atom stereocenters. The van der Waals surface area contributed by atoms with E-state index in [9.17, 15) is 4.79 Å². The topological polar surface area (TPSA) is 50.4 Å². The molecule has 18 heavy (non-hydrogen) atoms. The highest BCUT2D eigenvalue weighted by atomic mass is 16.5. The summed E-state index contributed by atoms with van der Waals surface area (Å²) >= 11 is 0. The number of carbonyl (C=O) groups is 1. The number of methoxy groups -OCH3 is 1. The maximum atomic E-state index is 11.6. The average Bonchev–Trinajstić information content (AvgIpc) is 2.39. The standard InChI is InChI=1S/C14H28N2O2/c1-4-11(2)16-14(17)9-10-15-12-5-7-13(18-3)8-6-12/h11-13,15H,4-10H2,1-3H3,(H,16,17). The Hall–Kier alpha value is -0.610. The maximum Gasteiger partial charge on any atom is 0.221 e. The van der Waals surface area contributed by atoms with Crippen molar-refractivity contribution in [3.05, 3.63) is 0 Å². The van der Waals surface area contributed by atoms with Crippen molar-refractivity contribution in [2.24, 2.45) is 0 Å². The van der Waals surface area contributed by atoms with Crippen LogP contribution in [-0.4, -0.2) is 37.7 Å². The first-order valence-electron chi connectivity index (χ1n) is 7.21. The van der Waals surface area contributed by atoms with Crippen LogP contribution in [-0.2, 0) is 9.53 Å². The predicted molar refractivity (Wildman–Crippen MR) is 73.6 cm³/mol. The van der Waals surface area contributed by atoms with Crippen LogP contribution in [0.4, 0.5) is 0 Å². The van der Waals surface area contributed by atoms with Crippen LogP contribution in [0, 0.1) is 0 Å². The summed E-state index contributed by atoms with van der Waals surface area (Å²) in [6, 6.07) is 0.849. The Kier molecular flexibility index (Phi) is 7.28. The predicted octanol–water partition coefficient (Wildman–Crippen LogP) is 1.84. The third-order valence-corrected chi connectivity index (χ3v) is 3.81. The number of nitrogens with one attached hydrogen (secondary N) is 2. The molecule has 1 rings (SSSR count). The van der Waals surface area contributed by atoms with Crippen LogP contribution in [0.2, 0.25) is 0 Å². The summed E-state index contributed by atoms with van der Waals surface area (Å²) in [7, 11) is 1.79. The van der Waals surface area contributed by atoms with Crippen molar-refractivity contribution >= 4 is 5.91 Å². The van der Waals surface area contributed by atoms with Gasteiger partial charge >= 0.3 is 0 Å². The van der Waals surface area contributed by atoms with Gasteiger partial charge < -0.3 is 15.4 Å². The zero-order chi connectivity index (χ0) is 13.4. The zero-order valence-corrected chi connectivity index (χ0v) is 12.0. The molecule has 1 amide bonds. The maximum absolute atomic E-state index is 11.6. The van der Waals surface area contributed by atoms with Gasteiger partial charge in [-0.05, 0) is 39.0 Å². The fraction of sp³-hybridized carbons (Fsp3) is 0.929. The van der Waals surface area contributed by atoms with Gasteiger partial charge in [-0.3, -0.25) is 4.79 Å². The molecule has 1 fully saturated rings. The van der Waals surface area contributed by atoms with Crippen molar-refractivity contribution < 1.29 is 9.53 Å². The summed E-state index contributed by atoms with van der Waals surface area (Å²) in [5.74, 6) is 0.155. The van der Waals surface area contributed by atoms with Gasteiger partial charge in [0.05, 0.1) is 6.10 Å². The van der Waals surface area contributed by atoms with Gasteiger partial charge in [0.25, 0.3) is 0 Å². The van der Waals surface area contributed by atoms with Gasteiger partial charge in [0.1, 0.15) is 0 Å². The van der Waals surface area contributed by atoms with Crippen LogP contribution in [0.25, 0.3) is 0 Å². The third kappa shape index (κ3) is 5.83. The average molecular weight is 256 g/mol. The Balaban J connectivity index is 2.06. The number of hydrogen-bond donors (Lipinski definition) is 2. The number of ether oxygens (including phenoxy) is 1. The minimum atomic E-state index is 0.155. The Morgan fingerprint density at radius 2 is 2.00 bits per heavy atom. The van der Waals surface area contributed by atoms with E-state index in [1.807, 2.05) is 6.92 Å². The third-order valence-electron chi connectivity index (χ3n) is 3.81. The molecule has 1 aliphatic rings. The first-order valence-corrected chi connectivity index (χ1v) is 7.21. The van der Waals surface area contributed by atoms with Crippen molar-refractivity contribution in [1.29, 1.82) is 0 Å². The molecule has 0 spiro atoms. The number of rotatable bonds is 7. The van der Waals surface area contributed by atoms with E-state index >= 15 is 0 Å². The molecule has 1 saturated carbocycles. The van der Waals surface area contributed by atoms with Crippen LogP contribution >= 0.6 is 0 Å². The fourth-order valence-corrected chi connectivity index (χ4v) is 2.34. The fourth-order valence-electron chi connectivity index (χ4n) is 2.34. The van der Waals surface area contributed by atoms with E-state index in [-0.39, 0.29) is 11.9 Å². The van der Waals surface area contributed by atoms with Gasteiger partial charge in [-0.1, -0.05) is 6.92 Å². The van der Waals surface area contributed by atoms with Crippen LogP contribution < -0.4 is 10.6 Å². The van der Waals surface area contributed by atoms with Gasteiger partial charge in [-0.25, -0.2) is 0 Å². The van der Waals surface area contributed by atoms with Crippen LogP contribution in [0.5, 0.6) is 0 Å². The van der Waals surface area contributed by atoms with Crippen LogP contribution in [0.3, 0.4) is 0 Å². The Bertz CT molecular complexity index is 238. The van der Waals surface area contributed by atoms with Crippen molar-refractivity contribution in [3.63, 3.8) is 0 Å². The highest BCUT2D eigenvalue weighted by molar-refractivity contribution is 5.76. The minimum absolute atomic E-state index is 0.155. The molecule has 0 aliphatic heterocycles. The second-order valence-electron chi connectivity index (χ2n) is 5.29. The summed E-state index contributed by atoms with van der Waals surface area (Å²) in [5, 5.41) is 6.46. The SMILES string of the molecule is CCC(C)NC(=O)CCNC1CCC(OC)CC1. The summed E-state index contributed by atoms with van der Waals surface area (Å²) < 4.78 is 5.35. The van der Waals surface area contributed by atoms with Gasteiger partial charge in [0, 0.05) is 32.2 Å². The number of carbonyl (C=O) groups excluding carboxylic acids is 1. The lowest BCUT2D eigenvalue weighted by Gasteiger charge is -2.28. The Morgan fingerprint density at radius 1 is 1.33 bits per heavy atom. The van der Waals surface area contributed by atoms with Gasteiger partial charge in [-0.2, -0.15) is 0 Å². The lowest BCUT2D eigenvalue weighted by atomic mass is 9.93. The molecule has 0 bridgehead atoms. The van der Waals surface area contributed by atoms with Gasteiger partial charge in [0.15, 0.2) is 0 Å². The smallest absolute Gasteiger partial charge is 0.221 e. The van der Waals surface area contributed by atoms with E-state index in [0.29, 0.717) is 18.6 Å². The molecule has 0 aromatic rings. The van der Waals surface area contributed by atoms with Gasteiger partial charge in [0.2, 0.25) is 5.91 Å². The quantitative estimate of drug-likeness (QED) is 0.731. The zero-order valence-electron chi connectivity index (χ0n) is 12.0. The molecule has 1 aliphatic carbocycles. The highest BCUT2D eigenvalue weighted by Crippen LogP contribution is 2.20. The summed E-state index contributed by atoms with van der Waals surface area (Å²) in [6.45, 7) is 4.90. The van der Waals surface area contributed by atoms with E-state index in [1.165, 1.54) is 0 Å². The van der Waals surface area contributed by atoms with Crippen molar-refractivity contribution in [2.45, 2.75) is 70.6 Å². The van der Waals surface area contributed by atoms with Crippen molar-refractivity contribution in [2.75, 3.05) is 13.7 Å². The minimum Gasteiger partial charge on any atom is -0.381 e. The largest absolute Gasteiger partial charge is 0.381 e. The first-order chi connectivity index (χ1) is 8.65. The number of amides is 1. The normalized spacial score (nSPS) is 25.7. The van der Waals surface area contributed by atoms with Crippen molar-refractivity contribution in [3.8, 4) is 0 Å². The van der Waals surface area contributed by atoms with Crippen molar-refractivity contribution in [1.82, 2.24) is 10.6 Å². The molecule has 0 heterocycles. The molecular formula is C14H28N2O2. The second kappa shape index (κ2) is 8.48. The molecular weight excluding hydrogens is 228 g/mol. The molecule has 0 aromatic carbocycles. The molecule has 0 radical (unpaired) electrons. The molecule has 0 aromatic heterocycles. The van der Waals surface area contributed by atoms with Gasteiger partial charge in [-0.15, -0.1) is 0 Å². The van der Waals surface area contributed by atoms with E-state index in [0.717, 1.165) is 38.6 Å².